The van der Waals surface area contributed by atoms with E-state index in [0.717, 1.165) is 0 Å². The van der Waals surface area contributed by atoms with Gasteiger partial charge >= 0.3 is 0 Å². The van der Waals surface area contributed by atoms with Crippen LogP contribution >= 0.6 is 0 Å². The lowest BCUT2D eigenvalue weighted by Crippen LogP contribution is -2.39. The smallest absolute Gasteiger partial charge is 0.268 e. The van der Waals surface area contributed by atoms with Gasteiger partial charge in [0, 0.05) is 0 Å². The summed E-state index contributed by atoms with van der Waals surface area (Å²) in [5.74, 6) is 0.589. The van der Waals surface area contributed by atoms with E-state index in [9.17, 15) is 8.42 Å². The van der Waals surface area contributed by atoms with Gasteiger partial charge in [-0.1, -0.05) is 5.92 Å². The molecule has 0 aliphatic heterocycles. The second-order valence-electron chi connectivity index (χ2n) is 2.06. The maximum atomic E-state index is 10.2. The quantitative estimate of drug-likeness (QED) is 0.353. The summed E-state index contributed by atoms with van der Waals surface area (Å²) in [6, 6.07) is 0. The van der Waals surface area contributed by atoms with Crippen molar-refractivity contribution in [2.75, 3.05) is 12.4 Å². The Balaban J connectivity index is 4.49. The largest absolute Gasteiger partial charge is 0.392 e. The number of terminal acetylenes is 1. The van der Waals surface area contributed by atoms with E-state index < -0.39 is 28.1 Å². The SMILES string of the molecule is C#CC(O)(CO)CS(=O)(=O)O. The summed E-state index contributed by atoms with van der Waals surface area (Å²) in [7, 11) is -4.36. The fraction of sp³-hybridized carbons (Fsp3) is 0.600. The van der Waals surface area contributed by atoms with Crippen LogP contribution in [0.4, 0.5) is 0 Å². The highest BCUT2D eigenvalue weighted by Gasteiger charge is 2.29. The molecule has 0 aromatic carbocycles. The Morgan fingerprint density at radius 2 is 2.00 bits per heavy atom. The van der Waals surface area contributed by atoms with E-state index in [1.165, 1.54) is 0 Å². The van der Waals surface area contributed by atoms with Gasteiger partial charge in [-0.3, -0.25) is 4.55 Å². The molecule has 0 heterocycles. The molecule has 6 heteroatoms. The van der Waals surface area contributed by atoms with Crippen LogP contribution in [-0.4, -0.2) is 41.1 Å². The summed E-state index contributed by atoms with van der Waals surface area (Å²) in [6.45, 7) is -0.913. The van der Waals surface area contributed by atoms with E-state index in [1.54, 1.807) is 5.92 Å². The van der Waals surface area contributed by atoms with Crippen LogP contribution in [0.25, 0.3) is 0 Å². The van der Waals surface area contributed by atoms with Crippen molar-refractivity contribution in [3.63, 3.8) is 0 Å². The van der Waals surface area contributed by atoms with Crippen molar-refractivity contribution in [1.82, 2.24) is 0 Å². The normalized spacial score (nSPS) is 16.9. The highest BCUT2D eigenvalue weighted by molar-refractivity contribution is 7.85. The number of rotatable bonds is 3. The summed E-state index contributed by atoms with van der Waals surface area (Å²) >= 11 is 0. The molecule has 0 rings (SSSR count). The van der Waals surface area contributed by atoms with Gasteiger partial charge < -0.3 is 10.2 Å². The zero-order valence-corrected chi connectivity index (χ0v) is 6.37. The van der Waals surface area contributed by atoms with E-state index >= 15 is 0 Å². The van der Waals surface area contributed by atoms with Gasteiger partial charge in [-0.25, -0.2) is 0 Å². The molecule has 0 amide bonds. The lowest BCUT2D eigenvalue weighted by atomic mass is 10.1. The molecule has 0 aromatic heterocycles. The average molecular weight is 180 g/mol. The fourth-order valence-corrected chi connectivity index (χ4v) is 1.21. The number of hydrogen-bond acceptors (Lipinski definition) is 4. The maximum Gasteiger partial charge on any atom is 0.268 e. The molecule has 5 nitrogen and oxygen atoms in total. The third-order valence-electron chi connectivity index (χ3n) is 0.951. The predicted molar refractivity (Wildman–Crippen MR) is 37.3 cm³/mol. The zero-order chi connectivity index (χ0) is 9.12. The minimum absolute atomic E-state index is 0.913. The van der Waals surface area contributed by atoms with Crippen LogP contribution in [0, 0.1) is 12.3 Å². The van der Waals surface area contributed by atoms with Gasteiger partial charge in [-0.2, -0.15) is 8.42 Å². The standard InChI is InChI=1S/C5H8O5S/c1-2-5(7,3-6)4-11(8,9)10/h1,6-7H,3-4H2,(H,8,9,10). The zero-order valence-electron chi connectivity index (χ0n) is 5.56. The molecule has 3 N–H and O–H groups in total. The third-order valence-corrected chi connectivity index (χ3v) is 1.79. The Morgan fingerprint density at radius 3 is 2.09 bits per heavy atom. The topological polar surface area (TPSA) is 94.8 Å². The van der Waals surface area contributed by atoms with E-state index in [0.29, 0.717) is 0 Å². The van der Waals surface area contributed by atoms with Crippen LogP contribution in [0.3, 0.4) is 0 Å². The van der Waals surface area contributed by atoms with Crippen LogP contribution in [0.1, 0.15) is 0 Å². The molecular weight excluding hydrogens is 172 g/mol. The van der Waals surface area contributed by atoms with Gasteiger partial charge in [0.05, 0.1) is 6.61 Å². The van der Waals surface area contributed by atoms with Crippen molar-refractivity contribution < 1.29 is 23.2 Å². The summed E-state index contributed by atoms with van der Waals surface area (Å²) in [6.07, 6.45) is 4.69. The number of aliphatic hydroxyl groups excluding tert-OH is 1. The Bertz CT molecular complexity index is 261. The first kappa shape index (κ1) is 10.4. The monoisotopic (exact) mass is 180 g/mol. The second kappa shape index (κ2) is 3.19. The molecule has 1 atom stereocenters. The molecule has 1 unspecified atom stereocenters. The predicted octanol–water partition coefficient (Wildman–Crippen LogP) is -1.77. The first-order valence-corrected chi connectivity index (χ1v) is 4.20. The van der Waals surface area contributed by atoms with Crippen molar-refractivity contribution in [2.24, 2.45) is 0 Å². The fourth-order valence-electron chi connectivity index (χ4n) is 0.435. The molecule has 0 aromatic rings. The van der Waals surface area contributed by atoms with Crippen molar-refractivity contribution in [2.45, 2.75) is 5.60 Å². The van der Waals surface area contributed by atoms with Gasteiger partial charge in [0.2, 0.25) is 0 Å². The third kappa shape index (κ3) is 3.95. The molecule has 0 bridgehead atoms. The van der Waals surface area contributed by atoms with Gasteiger partial charge in [0.1, 0.15) is 5.75 Å². The lowest BCUT2D eigenvalue weighted by molar-refractivity contribution is 0.0534. The minimum atomic E-state index is -4.36. The number of aliphatic hydroxyl groups is 2. The van der Waals surface area contributed by atoms with Crippen molar-refractivity contribution in [3.8, 4) is 12.3 Å². The highest BCUT2D eigenvalue weighted by atomic mass is 32.2. The van der Waals surface area contributed by atoms with E-state index in [-0.39, 0.29) is 0 Å². The molecule has 0 aliphatic rings. The lowest BCUT2D eigenvalue weighted by Gasteiger charge is -2.16. The first-order valence-electron chi connectivity index (χ1n) is 2.59. The summed E-state index contributed by atoms with van der Waals surface area (Å²) in [4.78, 5) is 0. The van der Waals surface area contributed by atoms with Crippen molar-refractivity contribution in [3.05, 3.63) is 0 Å². The van der Waals surface area contributed by atoms with E-state index in [4.69, 9.17) is 14.8 Å². The molecule has 0 radical (unpaired) electrons. The van der Waals surface area contributed by atoms with Crippen LogP contribution < -0.4 is 0 Å². The second-order valence-corrected chi connectivity index (χ2v) is 3.51. The minimum Gasteiger partial charge on any atom is -0.392 e. The molecule has 0 spiro atoms. The van der Waals surface area contributed by atoms with Crippen LogP contribution in [0.2, 0.25) is 0 Å². The summed E-state index contributed by atoms with van der Waals surface area (Å²) in [5, 5.41) is 17.3. The van der Waals surface area contributed by atoms with Crippen LogP contribution in [0.5, 0.6) is 0 Å². The Kier molecular flexibility index (Phi) is 3.02. The summed E-state index contributed by atoms with van der Waals surface area (Å²) in [5.41, 5.74) is -2.19. The molecule has 0 saturated heterocycles. The van der Waals surface area contributed by atoms with E-state index in [1.807, 2.05) is 0 Å². The molecule has 0 saturated carbocycles. The van der Waals surface area contributed by atoms with Crippen LogP contribution in [0.15, 0.2) is 0 Å². The molecular formula is C5H8O5S. The van der Waals surface area contributed by atoms with Crippen LogP contribution in [-0.2, 0) is 10.1 Å². The van der Waals surface area contributed by atoms with Gasteiger partial charge in [-0.05, 0) is 0 Å². The van der Waals surface area contributed by atoms with E-state index in [2.05, 4.69) is 6.42 Å². The first-order chi connectivity index (χ1) is 4.83. The van der Waals surface area contributed by atoms with Crippen molar-refractivity contribution in [1.29, 1.82) is 0 Å². The van der Waals surface area contributed by atoms with Gasteiger partial charge in [0.15, 0.2) is 5.60 Å². The molecule has 64 valence electrons. The molecule has 0 aliphatic carbocycles. The maximum absolute atomic E-state index is 10.2. The van der Waals surface area contributed by atoms with Gasteiger partial charge in [-0.15, -0.1) is 6.42 Å². The Labute approximate surface area is 64.4 Å². The van der Waals surface area contributed by atoms with Gasteiger partial charge in [0.25, 0.3) is 10.1 Å². The summed E-state index contributed by atoms with van der Waals surface area (Å²) < 4.78 is 28.5. The Morgan fingerprint density at radius 1 is 1.55 bits per heavy atom. The Hall–Kier alpha value is -0.610. The molecule has 0 fully saturated rings. The average Bonchev–Trinajstić information content (AvgIpc) is 1.84. The number of hydrogen-bond donors (Lipinski definition) is 3. The highest BCUT2D eigenvalue weighted by Crippen LogP contribution is 2.04. The molecule has 11 heavy (non-hydrogen) atoms. The van der Waals surface area contributed by atoms with Crippen molar-refractivity contribution >= 4 is 10.1 Å².